The summed E-state index contributed by atoms with van der Waals surface area (Å²) < 4.78 is 1.60. The van der Waals surface area contributed by atoms with E-state index >= 15 is 0 Å². The van der Waals surface area contributed by atoms with Gasteiger partial charge in [0.25, 0.3) is 5.91 Å². The number of carboxylic acids is 1. The molecular formula is C12H14N4O4. The molecule has 2 heterocycles. The van der Waals surface area contributed by atoms with Crippen LogP contribution in [-0.2, 0) is 11.8 Å². The number of nitrogens with one attached hydrogen (secondary N) is 1. The van der Waals surface area contributed by atoms with Gasteiger partial charge in [-0.1, -0.05) is 0 Å². The lowest BCUT2D eigenvalue weighted by molar-refractivity contribution is -0.140. The quantitative estimate of drug-likeness (QED) is 0.691. The van der Waals surface area contributed by atoms with E-state index < -0.39 is 24.5 Å². The second-order valence-electron chi connectivity index (χ2n) is 4.35. The topological polar surface area (TPSA) is 117 Å². The molecule has 3 N–H and O–H groups in total. The molecule has 8 heteroatoms. The number of hydrogen-bond donors (Lipinski definition) is 3. The smallest absolute Gasteiger partial charge is 0.328 e. The van der Waals surface area contributed by atoms with Gasteiger partial charge in [-0.2, -0.15) is 5.10 Å². The van der Waals surface area contributed by atoms with Crippen molar-refractivity contribution in [1.29, 1.82) is 0 Å². The van der Waals surface area contributed by atoms with Crippen molar-refractivity contribution in [3.63, 3.8) is 0 Å². The summed E-state index contributed by atoms with van der Waals surface area (Å²) >= 11 is 0. The maximum Gasteiger partial charge on any atom is 0.328 e. The van der Waals surface area contributed by atoms with Gasteiger partial charge in [-0.25, -0.2) is 9.78 Å². The maximum atomic E-state index is 11.9. The molecule has 0 aromatic carbocycles. The standard InChI is InChI=1S/C12H14N4O4/c1-6-8-3-7(4-13-10(8)16(2)15-6)11(18)14-9(5-17)12(19)20/h3-4,9,17H,5H2,1-2H3,(H,14,18)(H,19,20)/t9-/m0/s1. The number of rotatable bonds is 4. The minimum Gasteiger partial charge on any atom is -0.480 e. The van der Waals surface area contributed by atoms with E-state index in [2.05, 4.69) is 15.4 Å². The van der Waals surface area contributed by atoms with Gasteiger partial charge in [0.2, 0.25) is 0 Å². The van der Waals surface area contributed by atoms with E-state index in [0.717, 1.165) is 11.1 Å². The van der Waals surface area contributed by atoms with E-state index in [1.54, 1.807) is 24.7 Å². The molecule has 106 valence electrons. The van der Waals surface area contributed by atoms with Crippen LogP contribution in [0.2, 0.25) is 0 Å². The Hall–Kier alpha value is -2.48. The van der Waals surface area contributed by atoms with E-state index in [0.29, 0.717) is 5.65 Å². The number of aliphatic hydroxyl groups excluding tert-OH is 1. The van der Waals surface area contributed by atoms with Crippen LogP contribution in [0.3, 0.4) is 0 Å². The Kier molecular flexibility index (Phi) is 3.66. The number of pyridine rings is 1. The molecule has 0 saturated heterocycles. The van der Waals surface area contributed by atoms with Gasteiger partial charge < -0.3 is 15.5 Å². The van der Waals surface area contributed by atoms with Crippen LogP contribution in [0.1, 0.15) is 16.1 Å². The zero-order chi connectivity index (χ0) is 14.9. The summed E-state index contributed by atoms with van der Waals surface area (Å²) in [6.07, 6.45) is 1.34. The lowest BCUT2D eigenvalue weighted by Gasteiger charge is -2.11. The second kappa shape index (κ2) is 5.25. The van der Waals surface area contributed by atoms with Gasteiger partial charge in [-0.05, 0) is 13.0 Å². The average Bonchev–Trinajstić information content (AvgIpc) is 2.70. The minimum atomic E-state index is -1.34. The first-order valence-corrected chi connectivity index (χ1v) is 5.88. The van der Waals surface area contributed by atoms with E-state index in [-0.39, 0.29) is 5.56 Å². The molecule has 0 saturated carbocycles. The average molecular weight is 278 g/mol. The summed E-state index contributed by atoms with van der Waals surface area (Å²) in [7, 11) is 1.74. The molecule has 0 aliphatic heterocycles. The highest BCUT2D eigenvalue weighted by Crippen LogP contribution is 2.16. The Morgan fingerprint density at radius 1 is 1.50 bits per heavy atom. The van der Waals surface area contributed by atoms with Crippen molar-refractivity contribution >= 4 is 22.9 Å². The van der Waals surface area contributed by atoms with Crippen LogP contribution < -0.4 is 5.32 Å². The summed E-state index contributed by atoms with van der Waals surface area (Å²) in [5.41, 5.74) is 1.57. The Morgan fingerprint density at radius 3 is 2.80 bits per heavy atom. The second-order valence-corrected chi connectivity index (χ2v) is 4.35. The molecule has 0 aliphatic rings. The fourth-order valence-corrected chi connectivity index (χ4v) is 1.86. The number of fused-ring (bicyclic) bond motifs is 1. The number of hydrogen-bond acceptors (Lipinski definition) is 5. The maximum absolute atomic E-state index is 11.9. The number of carboxylic acid groups (broad SMARTS) is 1. The molecule has 0 spiro atoms. The first kappa shape index (κ1) is 13.9. The lowest BCUT2D eigenvalue weighted by Crippen LogP contribution is -2.43. The highest BCUT2D eigenvalue weighted by atomic mass is 16.4. The van der Waals surface area contributed by atoms with Crippen molar-refractivity contribution in [3.8, 4) is 0 Å². The Morgan fingerprint density at radius 2 is 2.20 bits per heavy atom. The third-order valence-electron chi connectivity index (χ3n) is 2.91. The molecule has 8 nitrogen and oxygen atoms in total. The zero-order valence-electron chi connectivity index (χ0n) is 11.0. The summed E-state index contributed by atoms with van der Waals surface area (Å²) in [6.45, 7) is 1.11. The fraction of sp³-hybridized carbons (Fsp3) is 0.333. The molecule has 1 amide bonds. The SMILES string of the molecule is Cc1nn(C)c2ncc(C(=O)N[C@@H](CO)C(=O)O)cc12. The highest BCUT2D eigenvalue weighted by molar-refractivity contribution is 5.99. The van der Waals surface area contributed by atoms with Crippen molar-refractivity contribution in [2.75, 3.05) is 6.61 Å². The van der Waals surface area contributed by atoms with Crippen molar-refractivity contribution in [2.45, 2.75) is 13.0 Å². The molecule has 0 unspecified atom stereocenters. The van der Waals surface area contributed by atoms with Crippen LogP contribution in [0.5, 0.6) is 0 Å². The van der Waals surface area contributed by atoms with Gasteiger partial charge in [0, 0.05) is 18.6 Å². The van der Waals surface area contributed by atoms with Crippen molar-refractivity contribution < 1.29 is 19.8 Å². The molecule has 2 rings (SSSR count). The van der Waals surface area contributed by atoms with Crippen LogP contribution in [0.15, 0.2) is 12.3 Å². The molecule has 0 fully saturated rings. The van der Waals surface area contributed by atoms with Crippen molar-refractivity contribution in [1.82, 2.24) is 20.1 Å². The molecule has 1 atom stereocenters. The third-order valence-corrected chi connectivity index (χ3v) is 2.91. The molecule has 2 aromatic heterocycles. The summed E-state index contributed by atoms with van der Waals surface area (Å²) in [6, 6.07) is 0.254. The van der Waals surface area contributed by atoms with Crippen molar-refractivity contribution in [3.05, 3.63) is 23.5 Å². The molecular weight excluding hydrogens is 264 g/mol. The normalized spacial score (nSPS) is 12.3. The Balaban J connectivity index is 2.31. The molecule has 0 bridgehead atoms. The number of aromatic nitrogens is 3. The van der Waals surface area contributed by atoms with Crippen molar-refractivity contribution in [2.24, 2.45) is 7.05 Å². The van der Waals surface area contributed by atoms with Crippen LogP contribution in [0, 0.1) is 6.92 Å². The number of nitrogens with zero attached hydrogens (tertiary/aromatic N) is 3. The zero-order valence-corrected chi connectivity index (χ0v) is 11.0. The molecule has 0 aliphatic carbocycles. The first-order chi connectivity index (χ1) is 9.43. The summed E-state index contributed by atoms with van der Waals surface area (Å²) in [5.74, 6) is -1.91. The van der Waals surface area contributed by atoms with Gasteiger partial charge in [0.1, 0.15) is 0 Å². The number of aryl methyl sites for hydroxylation is 2. The van der Waals surface area contributed by atoms with Gasteiger partial charge in [0.05, 0.1) is 17.9 Å². The van der Waals surface area contributed by atoms with Gasteiger partial charge in [-0.3, -0.25) is 9.48 Å². The number of amides is 1. The van der Waals surface area contributed by atoms with Crippen LogP contribution in [0.4, 0.5) is 0 Å². The van der Waals surface area contributed by atoms with E-state index in [1.807, 2.05) is 0 Å². The van der Waals surface area contributed by atoms with Crippen LogP contribution >= 0.6 is 0 Å². The fourth-order valence-electron chi connectivity index (χ4n) is 1.86. The van der Waals surface area contributed by atoms with E-state index in [4.69, 9.17) is 10.2 Å². The van der Waals surface area contributed by atoms with E-state index in [1.165, 1.54) is 6.20 Å². The largest absolute Gasteiger partial charge is 0.480 e. The highest BCUT2D eigenvalue weighted by Gasteiger charge is 2.20. The minimum absolute atomic E-state index is 0.216. The molecule has 2 aromatic rings. The summed E-state index contributed by atoms with van der Waals surface area (Å²) in [4.78, 5) is 26.8. The monoisotopic (exact) mass is 278 g/mol. The summed E-state index contributed by atoms with van der Waals surface area (Å²) in [5, 5.41) is 24.8. The number of aliphatic hydroxyl groups is 1. The Bertz CT molecular complexity index is 679. The van der Waals surface area contributed by atoms with E-state index in [9.17, 15) is 9.59 Å². The first-order valence-electron chi connectivity index (χ1n) is 5.88. The predicted octanol–water partition coefficient (Wildman–Crippen LogP) is -0.548. The van der Waals surface area contributed by atoms with Crippen LogP contribution in [-0.4, -0.2) is 49.5 Å². The Labute approximate surface area is 114 Å². The van der Waals surface area contributed by atoms with Gasteiger partial charge in [-0.15, -0.1) is 0 Å². The number of aliphatic carboxylic acids is 1. The lowest BCUT2D eigenvalue weighted by atomic mass is 10.2. The van der Waals surface area contributed by atoms with Gasteiger partial charge >= 0.3 is 5.97 Å². The molecule has 0 radical (unpaired) electrons. The third kappa shape index (κ3) is 2.45. The predicted molar refractivity (Wildman–Crippen MR) is 69.2 cm³/mol. The van der Waals surface area contributed by atoms with Gasteiger partial charge in [0.15, 0.2) is 11.7 Å². The molecule has 20 heavy (non-hydrogen) atoms. The number of carbonyl (C=O) groups is 2. The number of carbonyl (C=O) groups excluding carboxylic acids is 1. The van der Waals surface area contributed by atoms with Crippen LogP contribution in [0.25, 0.3) is 11.0 Å².